The number of aryl methyl sites for hydroxylation is 2. The van der Waals surface area contributed by atoms with Crippen LogP contribution in [-0.2, 0) is 17.6 Å². The normalized spacial score (nSPS) is 21.6. The summed E-state index contributed by atoms with van der Waals surface area (Å²) in [6.45, 7) is 1.67. The number of hydrogen-bond acceptors (Lipinski definition) is 5. The largest absolute Gasteiger partial charge is 0.376 e. The van der Waals surface area contributed by atoms with Gasteiger partial charge in [-0.05, 0) is 49.3 Å². The van der Waals surface area contributed by atoms with Crippen molar-refractivity contribution in [1.29, 1.82) is 0 Å². The van der Waals surface area contributed by atoms with Gasteiger partial charge in [-0.1, -0.05) is 0 Å². The van der Waals surface area contributed by atoms with Gasteiger partial charge in [0, 0.05) is 18.0 Å². The smallest absolute Gasteiger partial charge is 0.225 e. The number of ether oxygens (including phenoxy) is 1. The van der Waals surface area contributed by atoms with Gasteiger partial charge in [0.05, 0.1) is 11.5 Å². The third-order valence-corrected chi connectivity index (χ3v) is 5.41. The highest BCUT2D eigenvalue weighted by Crippen LogP contribution is 2.39. The summed E-state index contributed by atoms with van der Waals surface area (Å²) in [5.74, 6) is 0.884. The van der Waals surface area contributed by atoms with E-state index in [0.717, 1.165) is 43.1 Å². The third kappa shape index (κ3) is 2.18. The lowest BCUT2D eigenvalue weighted by Crippen LogP contribution is -2.19. The van der Waals surface area contributed by atoms with E-state index in [2.05, 4.69) is 15.3 Å². The van der Waals surface area contributed by atoms with Crippen LogP contribution in [0.2, 0.25) is 5.28 Å². The lowest BCUT2D eigenvalue weighted by Gasteiger charge is -2.12. The topological polar surface area (TPSA) is 47.0 Å². The summed E-state index contributed by atoms with van der Waals surface area (Å²) in [5.41, 5.74) is 1.43. The van der Waals surface area contributed by atoms with Crippen LogP contribution in [0.4, 0.5) is 5.82 Å². The van der Waals surface area contributed by atoms with Gasteiger partial charge in [0.1, 0.15) is 10.6 Å². The van der Waals surface area contributed by atoms with Crippen molar-refractivity contribution in [3.05, 3.63) is 15.7 Å². The van der Waals surface area contributed by atoms with Crippen molar-refractivity contribution in [1.82, 2.24) is 9.97 Å². The van der Waals surface area contributed by atoms with E-state index < -0.39 is 0 Å². The third-order valence-electron chi connectivity index (χ3n) is 4.06. The molecule has 1 aliphatic heterocycles. The maximum Gasteiger partial charge on any atom is 0.225 e. The first kappa shape index (κ1) is 12.8. The lowest BCUT2D eigenvalue weighted by molar-refractivity contribution is 0.120. The number of aromatic nitrogens is 2. The van der Waals surface area contributed by atoms with Gasteiger partial charge in [0.2, 0.25) is 5.28 Å². The van der Waals surface area contributed by atoms with Gasteiger partial charge in [-0.25, -0.2) is 9.97 Å². The predicted octanol–water partition coefficient (Wildman–Crippen LogP) is 3.42. The van der Waals surface area contributed by atoms with Crippen LogP contribution in [0.25, 0.3) is 10.2 Å². The molecule has 4 nitrogen and oxygen atoms in total. The second kappa shape index (κ2) is 5.13. The van der Waals surface area contributed by atoms with E-state index in [9.17, 15) is 0 Å². The zero-order valence-corrected chi connectivity index (χ0v) is 12.7. The van der Waals surface area contributed by atoms with Gasteiger partial charge in [-0.3, -0.25) is 0 Å². The number of nitrogens with one attached hydrogen (secondary N) is 1. The van der Waals surface area contributed by atoms with Crippen LogP contribution in [0.3, 0.4) is 0 Å². The van der Waals surface area contributed by atoms with Crippen molar-refractivity contribution in [2.45, 2.75) is 38.2 Å². The van der Waals surface area contributed by atoms with Crippen LogP contribution < -0.4 is 5.32 Å². The number of halogens is 1. The molecule has 6 heteroatoms. The zero-order chi connectivity index (χ0) is 13.5. The number of fused-ring (bicyclic) bond motifs is 3. The maximum atomic E-state index is 6.06. The van der Waals surface area contributed by atoms with Crippen molar-refractivity contribution in [3.8, 4) is 0 Å². The molecule has 4 rings (SSSR count). The molecule has 0 bridgehead atoms. The predicted molar refractivity (Wildman–Crippen MR) is 81.9 cm³/mol. The minimum absolute atomic E-state index is 0.297. The minimum Gasteiger partial charge on any atom is -0.376 e. The van der Waals surface area contributed by atoms with Crippen molar-refractivity contribution >= 4 is 39.0 Å². The fourth-order valence-electron chi connectivity index (χ4n) is 3.11. The minimum atomic E-state index is 0.297. The van der Waals surface area contributed by atoms with E-state index in [1.807, 2.05) is 0 Å². The summed E-state index contributed by atoms with van der Waals surface area (Å²) in [4.78, 5) is 11.3. The van der Waals surface area contributed by atoms with Crippen LogP contribution >= 0.6 is 22.9 Å². The van der Waals surface area contributed by atoms with E-state index in [4.69, 9.17) is 16.3 Å². The molecular formula is C14H16ClN3OS. The molecule has 0 spiro atoms. The van der Waals surface area contributed by atoms with Gasteiger partial charge in [-0.2, -0.15) is 0 Å². The van der Waals surface area contributed by atoms with Crippen LogP contribution in [-0.4, -0.2) is 29.2 Å². The molecule has 1 aliphatic carbocycles. The second-order valence-corrected chi connectivity index (χ2v) is 6.82. The molecule has 2 aromatic rings. The Balaban J connectivity index is 1.69. The fourth-order valence-corrected chi connectivity index (χ4v) is 4.59. The van der Waals surface area contributed by atoms with Crippen molar-refractivity contribution in [3.63, 3.8) is 0 Å². The Bertz CT molecular complexity index is 651. The van der Waals surface area contributed by atoms with Gasteiger partial charge in [0.25, 0.3) is 0 Å². The van der Waals surface area contributed by atoms with Gasteiger partial charge in [-0.15, -0.1) is 11.3 Å². The monoisotopic (exact) mass is 309 g/mol. The highest BCUT2D eigenvalue weighted by Gasteiger charge is 2.23. The number of anilines is 1. The Morgan fingerprint density at radius 2 is 2.25 bits per heavy atom. The molecule has 0 amide bonds. The molecule has 1 atom stereocenters. The fraction of sp³-hybridized carbons (Fsp3) is 0.571. The summed E-state index contributed by atoms with van der Waals surface area (Å²) in [7, 11) is 0. The van der Waals surface area contributed by atoms with Crippen LogP contribution in [0.15, 0.2) is 0 Å². The highest BCUT2D eigenvalue weighted by molar-refractivity contribution is 7.19. The summed E-state index contributed by atoms with van der Waals surface area (Å²) < 4.78 is 5.65. The van der Waals surface area contributed by atoms with Gasteiger partial charge >= 0.3 is 0 Å². The molecule has 20 heavy (non-hydrogen) atoms. The summed E-state index contributed by atoms with van der Waals surface area (Å²) >= 11 is 7.82. The average Bonchev–Trinajstić information content (AvgIpc) is 3.11. The molecule has 3 heterocycles. The van der Waals surface area contributed by atoms with Crippen LogP contribution in [0.5, 0.6) is 0 Å². The first-order valence-electron chi connectivity index (χ1n) is 7.14. The zero-order valence-electron chi connectivity index (χ0n) is 11.1. The quantitative estimate of drug-likeness (QED) is 0.883. The summed E-state index contributed by atoms with van der Waals surface area (Å²) in [6.07, 6.45) is 6.11. The van der Waals surface area contributed by atoms with Crippen LogP contribution in [0, 0.1) is 0 Å². The molecule has 1 saturated heterocycles. The van der Waals surface area contributed by atoms with Gasteiger partial charge in [0.15, 0.2) is 0 Å². The van der Waals surface area contributed by atoms with Crippen molar-refractivity contribution < 1.29 is 4.74 Å². The first-order chi connectivity index (χ1) is 9.81. The molecule has 1 unspecified atom stereocenters. The number of hydrogen-bond donors (Lipinski definition) is 1. The second-order valence-electron chi connectivity index (χ2n) is 5.39. The lowest BCUT2D eigenvalue weighted by atomic mass is 10.2. The SMILES string of the molecule is Clc1nc(NCC2CCCO2)c2c3c(sc2n1)CCC3. The van der Waals surface area contributed by atoms with Gasteiger partial charge < -0.3 is 10.1 Å². The van der Waals surface area contributed by atoms with E-state index >= 15 is 0 Å². The number of rotatable bonds is 3. The molecular weight excluding hydrogens is 294 g/mol. The molecule has 2 aliphatic rings. The van der Waals surface area contributed by atoms with Crippen molar-refractivity contribution in [2.24, 2.45) is 0 Å². The number of thiophene rings is 1. The average molecular weight is 310 g/mol. The Hall–Kier alpha value is -0.910. The summed E-state index contributed by atoms with van der Waals surface area (Å²) in [6, 6.07) is 0. The Morgan fingerprint density at radius 1 is 1.30 bits per heavy atom. The van der Waals surface area contributed by atoms with E-state index in [-0.39, 0.29) is 0 Å². The molecule has 1 N–H and O–H groups in total. The standard InChI is InChI=1S/C14H16ClN3OS/c15-14-17-12(16-7-8-3-2-6-19-8)11-9-4-1-5-10(9)20-13(11)18-14/h8H,1-7H2,(H,16,17,18). The molecule has 0 radical (unpaired) electrons. The molecule has 1 fully saturated rings. The Kier molecular flexibility index (Phi) is 3.28. The molecule has 0 aromatic carbocycles. The number of nitrogens with zero attached hydrogens (tertiary/aromatic N) is 2. The molecule has 0 saturated carbocycles. The van der Waals surface area contributed by atoms with E-state index in [1.165, 1.54) is 28.7 Å². The van der Waals surface area contributed by atoms with Crippen molar-refractivity contribution in [2.75, 3.05) is 18.5 Å². The highest BCUT2D eigenvalue weighted by atomic mass is 35.5. The van der Waals surface area contributed by atoms with E-state index in [1.54, 1.807) is 11.3 Å². The Morgan fingerprint density at radius 3 is 3.10 bits per heavy atom. The van der Waals surface area contributed by atoms with E-state index in [0.29, 0.717) is 11.4 Å². The first-order valence-corrected chi connectivity index (χ1v) is 8.34. The Labute approximate surface area is 126 Å². The molecule has 2 aromatic heterocycles. The maximum absolute atomic E-state index is 6.06. The summed E-state index contributed by atoms with van der Waals surface area (Å²) in [5, 5.41) is 4.94. The molecule has 106 valence electrons. The van der Waals surface area contributed by atoms with Crippen LogP contribution in [0.1, 0.15) is 29.7 Å².